The number of nitrogens with zero attached hydrogens (tertiary/aromatic N) is 1. The van der Waals surface area contributed by atoms with Crippen molar-refractivity contribution in [2.45, 2.75) is 39.2 Å². The first-order valence-electron chi connectivity index (χ1n) is 5.77. The van der Waals surface area contributed by atoms with Gasteiger partial charge in [-0.15, -0.1) is 0 Å². The van der Waals surface area contributed by atoms with Crippen molar-refractivity contribution in [3.05, 3.63) is 0 Å². The van der Waals surface area contributed by atoms with Gasteiger partial charge in [-0.05, 0) is 18.8 Å². The molecule has 5 nitrogen and oxygen atoms in total. The zero-order valence-electron chi connectivity index (χ0n) is 9.90. The van der Waals surface area contributed by atoms with E-state index in [9.17, 15) is 9.59 Å². The molecule has 2 amide bonds. The van der Waals surface area contributed by atoms with Crippen molar-refractivity contribution in [3.8, 4) is 0 Å². The van der Waals surface area contributed by atoms with Gasteiger partial charge in [-0.25, -0.2) is 4.79 Å². The maximum Gasteiger partial charge on any atom is 0.317 e. The lowest BCUT2D eigenvalue weighted by atomic mass is 10.1. The number of hydrogen-bond acceptors (Lipinski definition) is 2. The minimum Gasteiger partial charge on any atom is -0.481 e. The van der Waals surface area contributed by atoms with Crippen LogP contribution in [0, 0.1) is 5.92 Å². The monoisotopic (exact) mass is 228 g/mol. The van der Waals surface area contributed by atoms with Crippen LogP contribution < -0.4 is 5.32 Å². The van der Waals surface area contributed by atoms with E-state index in [4.69, 9.17) is 5.11 Å². The van der Waals surface area contributed by atoms with Crippen LogP contribution in [-0.2, 0) is 4.79 Å². The number of hydrogen-bond donors (Lipinski definition) is 2. The molecule has 1 aliphatic heterocycles. The molecule has 1 heterocycles. The Labute approximate surface area is 95.8 Å². The van der Waals surface area contributed by atoms with Crippen LogP contribution in [0.1, 0.15) is 33.1 Å². The SMILES string of the molecule is CC(C)CNC(=O)N1CCCC1CC(=O)O. The van der Waals surface area contributed by atoms with Crippen LogP contribution in [-0.4, -0.2) is 41.1 Å². The summed E-state index contributed by atoms with van der Waals surface area (Å²) in [7, 11) is 0. The normalized spacial score (nSPS) is 20.2. The number of urea groups is 1. The van der Waals surface area contributed by atoms with Crippen molar-refractivity contribution >= 4 is 12.0 Å². The summed E-state index contributed by atoms with van der Waals surface area (Å²) in [6, 6.07) is -0.262. The van der Waals surface area contributed by atoms with Crippen LogP contribution in [0.3, 0.4) is 0 Å². The summed E-state index contributed by atoms with van der Waals surface area (Å²) < 4.78 is 0. The third-order valence-electron chi connectivity index (χ3n) is 2.71. The summed E-state index contributed by atoms with van der Waals surface area (Å²) in [5.41, 5.74) is 0. The van der Waals surface area contributed by atoms with Gasteiger partial charge in [0.2, 0.25) is 0 Å². The Kier molecular flexibility index (Phi) is 4.58. The zero-order valence-corrected chi connectivity index (χ0v) is 9.90. The van der Waals surface area contributed by atoms with E-state index in [1.807, 2.05) is 13.8 Å². The molecule has 16 heavy (non-hydrogen) atoms. The molecule has 92 valence electrons. The van der Waals surface area contributed by atoms with E-state index in [0.717, 1.165) is 12.8 Å². The second-order valence-electron chi connectivity index (χ2n) is 4.67. The maximum absolute atomic E-state index is 11.8. The van der Waals surface area contributed by atoms with Gasteiger partial charge in [0.25, 0.3) is 0 Å². The average molecular weight is 228 g/mol. The molecule has 1 saturated heterocycles. The van der Waals surface area contributed by atoms with Gasteiger partial charge in [0.15, 0.2) is 0 Å². The number of carbonyl (C=O) groups excluding carboxylic acids is 1. The lowest BCUT2D eigenvalue weighted by Gasteiger charge is -2.24. The van der Waals surface area contributed by atoms with Crippen LogP contribution in [0.5, 0.6) is 0 Å². The van der Waals surface area contributed by atoms with Gasteiger partial charge >= 0.3 is 12.0 Å². The van der Waals surface area contributed by atoms with E-state index in [0.29, 0.717) is 19.0 Å². The van der Waals surface area contributed by atoms with E-state index in [-0.39, 0.29) is 18.5 Å². The predicted octanol–water partition coefficient (Wildman–Crippen LogP) is 1.29. The highest BCUT2D eigenvalue weighted by Gasteiger charge is 2.30. The third-order valence-corrected chi connectivity index (χ3v) is 2.71. The number of rotatable bonds is 4. The Bertz CT molecular complexity index is 266. The Morgan fingerprint density at radius 2 is 2.19 bits per heavy atom. The lowest BCUT2D eigenvalue weighted by Crippen LogP contribution is -2.44. The third kappa shape index (κ3) is 3.72. The summed E-state index contributed by atoms with van der Waals surface area (Å²) >= 11 is 0. The van der Waals surface area contributed by atoms with Crippen LogP contribution in [0.25, 0.3) is 0 Å². The highest BCUT2D eigenvalue weighted by Crippen LogP contribution is 2.19. The molecule has 0 bridgehead atoms. The molecule has 0 aromatic carbocycles. The van der Waals surface area contributed by atoms with Crippen molar-refractivity contribution < 1.29 is 14.7 Å². The molecule has 0 radical (unpaired) electrons. The molecule has 0 saturated carbocycles. The Hall–Kier alpha value is -1.26. The van der Waals surface area contributed by atoms with Gasteiger partial charge in [0, 0.05) is 19.1 Å². The van der Waals surface area contributed by atoms with Crippen LogP contribution in [0.15, 0.2) is 0 Å². The number of carboxylic acid groups (broad SMARTS) is 1. The second-order valence-corrected chi connectivity index (χ2v) is 4.67. The van der Waals surface area contributed by atoms with Gasteiger partial charge < -0.3 is 15.3 Å². The van der Waals surface area contributed by atoms with Gasteiger partial charge in [0.1, 0.15) is 0 Å². The molecule has 1 fully saturated rings. The number of carbonyl (C=O) groups is 2. The van der Waals surface area contributed by atoms with Gasteiger partial charge in [0.05, 0.1) is 6.42 Å². The van der Waals surface area contributed by atoms with Crippen molar-refractivity contribution in [3.63, 3.8) is 0 Å². The largest absolute Gasteiger partial charge is 0.481 e. The molecule has 0 aromatic heterocycles. The molecule has 0 spiro atoms. The molecule has 2 N–H and O–H groups in total. The number of likely N-dealkylation sites (tertiary alicyclic amines) is 1. The fourth-order valence-electron chi connectivity index (χ4n) is 1.91. The first-order valence-corrected chi connectivity index (χ1v) is 5.77. The smallest absolute Gasteiger partial charge is 0.317 e. The summed E-state index contributed by atoms with van der Waals surface area (Å²) in [6.07, 6.45) is 1.74. The Balaban J connectivity index is 2.44. The quantitative estimate of drug-likeness (QED) is 0.761. The summed E-state index contributed by atoms with van der Waals surface area (Å²) in [4.78, 5) is 24.0. The average Bonchev–Trinajstić information content (AvgIpc) is 2.61. The Morgan fingerprint density at radius 3 is 2.75 bits per heavy atom. The van der Waals surface area contributed by atoms with Crippen molar-refractivity contribution in [1.82, 2.24) is 10.2 Å². The van der Waals surface area contributed by atoms with E-state index < -0.39 is 5.97 Å². The van der Waals surface area contributed by atoms with Gasteiger partial charge in [-0.2, -0.15) is 0 Å². The molecule has 0 aliphatic carbocycles. The molecular formula is C11H20N2O3. The second kappa shape index (κ2) is 5.72. The summed E-state index contributed by atoms with van der Waals surface area (Å²) in [5.74, 6) is -0.432. The standard InChI is InChI=1S/C11H20N2O3/c1-8(2)7-12-11(16)13-5-3-4-9(13)6-10(14)15/h8-9H,3-7H2,1-2H3,(H,12,16)(H,14,15). The van der Waals surface area contributed by atoms with Crippen LogP contribution in [0.2, 0.25) is 0 Å². The molecule has 5 heteroatoms. The molecular weight excluding hydrogens is 208 g/mol. The highest BCUT2D eigenvalue weighted by molar-refractivity contribution is 5.76. The summed E-state index contributed by atoms with van der Waals surface area (Å²) in [5, 5.41) is 11.6. The van der Waals surface area contributed by atoms with Crippen LogP contribution in [0.4, 0.5) is 4.79 Å². The number of amides is 2. The molecule has 1 unspecified atom stereocenters. The Morgan fingerprint density at radius 1 is 1.50 bits per heavy atom. The van der Waals surface area contributed by atoms with E-state index in [2.05, 4.69) is 5.32 Å². The van der Waals surface area contributed by atoms with E-state index >= 15 is 0 Å². The summed E-state index contributed by atoms with van der Waals surface area (Å²) in [6.45, 7) is 5.36. The number of carboxylic acids is 1. The maximum atomic E-state index is 11.8. The fraction of sp³-hybridized carbons (Fsp3) is 0.818. The number of nitrogens with one attached hydrogen (secondary N) is 1. The predicted molar refractivity (Wildman–Crippen MR) is 60.2 cm³/mol. The van der Waals surface area contributed by atoms with Crippen molar-refractivity contribution in [2.24, 2.45) is 5.92 Å². The van der Waals surface area contributed by atoms with E-state index in [1.165, 1.54) is 0 Å². The first kappa shape index (κ1) is 12.8. The van der Waals surface area contributed by atoms with Crippen molar-refractivity contribution in [1.29, 1.82) is 0 Å². The minimum absolute atomic E-state index is 0.0507. The number of aliphatic carboxylic acids is 1. The van der Waals surface area contributed by atoms with Gasteiger partial charge in [-0.1, -0.05) is 13.8 Å². The highest BCUT2D eigenvalue weighted by atomic mass is 16.4. The first-order chi connectivity index (χ1) is 7.50. The fourth-order valence-corrected chi connectivity index (χ4v) is 1.91. The molecule has 1 atom stereocenters. The lowest BCUT2D eigenvalue weighted by molar-refractivity contribution is -0.137. The molecule has 1 aliphatic rings. The van der Waals surface area contributed by atoms with Gasteiger partial charge in [-0.3, -0.25) is 4.79 Å². The van der Waals surface area contributed by atoms with Crippen molar-refractivity contribution in [2.75, 3.05) is 13.1 Å². The molecule has 1 rings (SSSR count). The topological polar surface area (TPSA) is 69.6 Å². The van der Waals surface area contributed by atoms with E-state index in [1.54, 1.807) is 4.90 Å². The zero-order chi connectivity index (χ0) is 12.1. The van der Waals surface area contributed by atoms with Crippen LogP contribution >= 0.6 is 0 Å². The molecule has 0 aromatic rings. The minimum atomic E-state index is -0.839.